The van der Waals surface area contributed by atoms with Crippen molar-refractivity contribution in [3.8, 4) is 0 Å². The van der Waals surface area contributed by atoms with Gasteiger partial charge in [0, 0.05) is 0 Å². The summed E-state index contributed by atoms with van der Waals surface area (Å²) in [5.74, 6) is -2.79. The van der Waals surface area contributed by atoms with Crippen molar-refractivity contribution in [3.05, 3.63) is 11.8 Å². The zero-order valence-electron chi connectivity index (χ0n) is 16.1. The molecule has 2 aliphatic heterocycles. The van der Waals surface area contributed by atoms with Crippen molar-refractivity contribution < 1.29 is 64.6 Å². The molecule has 1 saturated carbocycles. The third-order valence-corrected chi connectivity index (χ3v) is 6.00. The number of methoxy groups -OCH3 is 1. The minimum Gasteiger partial charge on any atom is -0.471 e. The summed E-state index contributed by atoms with van der Waals surface area (Å²) in [6.45, 7) is 0.335. The zero-order chi connectivity index (χ0) is 22.6. The second-order valence-corrected chi connectivity index (χ2v) is 7.78. The molecule has 30 heavy (non-hydrogen) atoms. The first-order chi connectivity index (χ1) is 13.9. The molecule has 2 heterocycles. The highest BCUT2D eigenvalue weighted by Gasteiger charge is 2.72. The molecule has 13 nitrogen and oxygen atoms in total. The van der Waals surface area contributed by atoms with E-state index in [0.29, 0.717) is 6.26 Å². The van der Waals surface area contributed by atoms with Crippen LogP contribution < -0.4 is 0 Å². The van der Waals surface area contributed by atoms with Gasteiger partial charge in [0.05, 0.1) is 19.6 Å². The molecule has 0 aromatic heterocycles. The molecular formula is C17H26O13. The average Bonchev–Trinajstić information content (AvgIpc) is 2.85. The molecule has 11 atom stereocenters. The summed E-state index contributed by atoms with van der Waals surface area (Å²) >= 11 is 0. The van der Waals surface area contributed by atoms with E-state index in [-0.39, 0.29) is 0 Å². The SMILES string of the molecule is COC(=O)C1=CO[C@@H](OC2O[C@H](CO)C(O)C(O)[C@H]2O)[C@H]2[C@@](C)(O)[C@@H](O)[C@@H](O)[C@]12O. The molecule has 8 N–H and O–H groups in total. The summed E-state index contributed by atoms with van der Waals surface area (Å²) in [6.07, 6.45) is -13.3. The van der Waals surface area contributed by atoms with Gasteiger partial charge in [-0.05, 0) is 6.92 Å². The molecule has 0 amide bonds. The van der Waals surface area contributed by atoms with E-state index in [9.17, 15) is 45.6 Å². The molecule has 0 aromatic carbocycles. The number of aliphatic hydroxyl groups excluding tert-OH is 6. The van der Waals surface area contributed by atoms with E-state index in [1.165, 1.54) is 0 Å². The van der Waals surface area contributed by atoms with Gasteiger partial charge in [-0.3, -0.25) is 0 Å². The van der Waals surface area contributed by atoms with Gasteiger partial charge in [-0.15, -0.1) is 0 Å². The van der Waals surface area contributed by atoms with Crippen LogP contribution in [0.3, 0.4) is 0 Å². The summed E-state index contributed by atoms with van der Waals surface area (Å²) in [7, 11) is 1.01. The van der Waals surface area contributed by atoms with Crippen LogP contribution in [0.5, 0.6) is 0 Å². The number of ether oxygens (including phenoxy) is 4. The highest BCUT2D eigenvalue weighted by molar-refractivity contribution is 5.91. The number of fused-ring (bicyclic) bond motifs is 1. The fourth-order valence-corrected chi connectivity index (χ4v) is 4.24. The van der Waals surface area contributed by atoms with Gasteiger partial charge in [-0.25, -0.2) is 4.79 Å². The van der Waals surface area contributed by atoms with Crippen LogP contribution in [0.15, 0.2) is 11.8 Å². The van der Waals surface area contributed by atoms with Crippen molar-refractivity contribution in [1.82, 2.24) is 0 Å². The fraction of sp³-hybridized carbons (Fsp3) is 0.824. The predicted molar refractivity (Wildman–Crippen MR) is 90.9 cm³/mol. The lowest BCUT2D eigenvalue weighted by molar-refractivity contribution is -0.352. The van der Waals surface area contributed by atoms with Crippen molar-refractivity contribution in [2.45, 2.75) is 67.3 Å². The second kappa shape index (κ2) is 7.94. The highest BCUT2D eigenvalue weighted by Crippen LogP contribution is 2.52. The standard InChI is InChI=1S/C17H26O13/c1-16(25)10-15(30-14-9(21)8(20)7(19)6(3-18)29-14)28-4-5(13(24)27-2)17(10,26)12(23)11(16)22/h4,6-12,14-15,18-23,25-26H,3H2,1-2H3/t6-,7?,8?,9-,10+,11+,12-,14?,15+,16-,17+/m1/s1. The highest BCUT2D eigenvalue weighted by atomic mass is 16.8. The van der Waals surface area contributed by atoms with Crippen LogP contribution in [0, 0.1) is 5.92 Å². The molecule has 0 spiro atoms. The number of hydrogen-bond donors (Lipinski definition) is 8. The average molecular weight is 438 g/mol. The Morgan fingerprint density at radius 3 is 2.27 bits per heavy atom. The number of carbonyl (C=O) groups excluding carboxylic acids is 1. The van der Waals surface area contributed by atoms with E-state index >= 15 is 0 Å². The van der Waals surface area contributed by atoms with E-state index in [0.717, 1.165) is 14.0 Å². The smallest absolute Gasteiger partial charge is 0.339 e. The molecule has 0 aromatic rings. The molecule has 0 bridgehead atoms. The van der Waals surface area contributed by atoms with Gasteiger partial charge in [0.25, 0.3) is 0 Å². The second-order valence-electron chi connectivity index (χ2n) is 7.78. The molecule has 2 fully saturated rings. The van der Waals surface area contributed by atoms with Crippen molar-refractivity contribution in [2.24, 2.45) is 5.92 Å². The van der Waals surface area contributed by atoms with E-state index in [1.54, 1.807) is 0 Å². The molecule has 13 heteroatoms. The Morgan fingerprint density at radius 2 is 1.70 bits per heavy atom. The maximum Gasteiger partial charge on any atom is 0.339 e. The number of esters is 1. The van der Waals surface area contributed by atoms with Gasteiger partial charge in [0.2, 0.25) is 6.29 Å². The molecule has 1 aliphatic carbocycles. The lowest BCUT2D eigenvalue weighted by Crippen LogP contribution is -2.63. The minimum atomic E-state index is -2.58. The summed E-state index contributed by atoms with van der Waals surface area (Å²) in [6, 6.07) is 0. The lowest BCUT2D eigenvalue weighted by Gasteiger charge is -2.46. The van der Waals surface area contributed by atoms with Crippen molar-refractivity contribution in [3.63, 3.8) is 0 Å². The molecule has 0 radical (unpaired) electrons. The third-order valence-electron chi connectivity index (χ3n) is 6.00. The predicted octanol–water partition coefficient (Wildman–Crippen LogP) is -4.95. The maximum atomic E-state index is 12.1. The summed E-state index contributed by atoms with van der Waals surface area (Å²) < 4.78 is 20.5. The first-order valence-electron chi connectivity index (χ1n) is 9.14. The molecular weight excluding hydrogens is 412 g/mol. The van der Waals surface area contributed by atoms with Crippen LogP contribution in [0.25, 0.3) is 0 Å². The quantitative estimate of drug-likeness (QED) is 0.193. The normalized spacial score (nSPS) is 51.0. The Hall–Kier alpha value is -1.39. The Balaban J connectivity index is 1.96. The van der Waals surface area contributed by atoms with E-state index in [1.807, 2.05) is 0 Å². The van der Waals surface area contributed by atoms with Crippen LogP contribution in [0.1, 0.15) is 6.92 Å². The Bertz CT molecular complexity index is 693. The summed E-state index contributed by atoms with van der Waals surface area (Å²) in [5, 5.41) is 81.9. The monoisotopic (exact) mass is 438 g/mol. The lowest BCUT2D eigenvalue weighted by atomic mass is 9.76. The van der Waals surface area contributed by atoms with Gasteiger partial charge in [0.15, 0.2) is 6.29 Å². The van der Waals surface area contributed by atoms with Crippen LogP contribution in [-0.4, -0.2) is 121 Å². The van der Waals surface area contributed by atoms with Gasteiger partial charge in [-0.2, -0.15) is 0 Å². The number of hydrogen-bond acceptors (Lipinski definition) is 13. The van der Waals surface area contributed by atoms with Gasteiger partial charge >= 0.3 is 5.97 Å². The first-order valence-corrected chi connectivity index (χ1v) is 9.14. The van der Waals surface area contributed by atoms with E-state index in [2.05, 4.69) is 4.74 Å². The topological polar surface area (TPSA) is 216 Å². The fourth-order valence-electron chi connectivity index (χ4n) is 4.24. The van der Waals surface area contributed by atoms with Crippen LogP contribution in [-0.2, 0) is 23.7 Å². The zero-order valence-corrected chi connectivity index (χ0v) is 16.1. The number of aliphatic hydroxyl groups is 8. The Kier molecular flexibility index (Phi) is 6.16. The van der Waals surface area contributed by atoms with Gasteiger partial charge in [0.1, 0.15) is 59.7 Å². The molecule has 1 saturated heterocycles. The minimum absolute atomic E-state index is 0.590. The number of carbonyl (C=O) groups is 1. The van der Waals surface area contributed by atoms with Crippen molar-refractivity contribution in [1.29, 1.82) is 0 Å². The van der Waals surface area contributed by atoms with Crippen molar-refractivity contribution in [2.75, 3.05) is 13.7 Å². The van der Waals surface area contributed by atoms with E-state index < -0.39 is 84.5 Å². The largest absolute Gasteiger partial charge is 0.471 e. The molecule has 3 rings (SSSR count). The van der Waals surface area contributed by atoms with Crippen LogP contribution in [0.2, 0.25) is 0 Å². The Labute approximate surface area is 170 Å². The third kappa shape index (κ3) is 3.22. The van der Waals surface area contributed by atoms with Crippen LogP contribution in [0.4, 0.5) is 0 Å². The first kappa shape index (κ1) is 23.3. The maximum absolute atomic E-state index is 12.1. The van der Waals surface area contributed by atoms with E-state index in [4.69, 9.17) is 14.2 Å². The molecule has 3 unspecified atom stereocenters. The summed E-state index contributed by atoms with van der Waals surface area (Å²) in [4.78, 5) is 12.1. The van der Waals surface area contributed by atoms with Crippen LogP contribution >= 0.6 is 0 Å². The number of rotatable bonds is 4. The molecule has 172 valence electrons. The Morgan fingerprint density at radius 1 is 1.07 bits per heavy atom. The van der Waals surface area contributed by atoms with Crippen molar-refractivity contribution >= 4 is 5.97 Å². The van der Waals surface area contributed by atoms with Gasteiger partial charge in [-0.1, -0.05) is 0 Å². The van der Waals surface area contributed by atoms with Gasteiger partial charge < -0.3 is 59.8 Å². The summed E-state index contributed by atoms with van der Waals surface area (Å²) in [5.41, 5.74) is -5.43. The molecule has 3 aliphatic rings.